The molecule has 0 bridgehead atoms. The van der Waals surface area contributed by atoms with E-state index in [0.29, 0.717) is 6.04 Å². The predicted molar refractivity (Wildman–Crippen MR) is 89.5 cm³/mol. The number of hydrogen-bond donors (Lipinski definition) is 1. The normalized spacial score (nSPS) is 30.8. The highest BCUT2D eigenvalue weighted by Gasteiger charge is 2.45. The van der Waals surface area contributed by atoms with Gasteiger partial charge in [-0.3, -0.25) is 9.69 Å². The van der Waals surface area contributed by atoms with Crippen LogP contribution >= 0.6 is 0 Å². The van der Waals surface area contributed by atoms with Gasteiger partial charge < -0.3 is 19.4 Å². The second-order valence-corrected chi connectivity index (χ2v) is 7.20. The van der Waals surface area contributed by atoms with E-state index in [1.54, 1.807) is 12.5 Å². The maximum Gasteiger partial charge on any atom is 0.249 e. The zero-order valence-corrected chi connectivity index (χ0v) is 14.2. The van der Waals surface area contributed by atoms with Crippen LogP contribution in [0.25, 0.3) is 0 Å². The Morgan fingerprint density at radius 2 is 2.17 bits per heavy atom. The van der Waals surface area contributed by atoms with E-state index >= 15 is 0 Å². The minimum atomic E-state index is -0.286. The highest BCUT2D eigenvalue weighted by molar-refractivity contribution is 5.81. The lowest BCUT2D eigenvalue weighted by atomic mass is 10.1. The van der Waals surface area contributed by atoms with E-state index in [2.05, 4.69) is 15.1 Å². The van der Waals surface area contributed by atoms with Crippen molar-refractivity contribution in [3.05, 3.63) is 24.2 Å². The van der Waals surface area contributed by atoms with Gasteiger partial charge in [-0.15, -0.1) is 0 Å². The van der Waals surface area contributed by atoms with Gasteiger partial charge in [-0.1, -0.05) is 0 Å². The van der Waals surface area contributed by atoms with E-state index in [1.807, 2.05) is 6.07 Å². The first-order valence-electron chi connectivity index (χ1n) is 9.20. The molecule has 4 heterocycles. The first-order valence-corrected chi connectivity index (χ1v) is 9.20. The van der Waals surface area contributed by atoms with Crippen LogP contribution in [0.5, 0.6) is 0 Å². The summed E-state index contributed by atoms with van der Waals surface area (Å²) in [5, 5.41) is 3.06. The SMILES string of the molecule is O=C(NCCN1CCCC1)[C@H]1C[C@H]2[C@H](CCN2Cc2ccoc2)O1. The molecule has 1 N–H and O–H groups in total. The van der Waals surface area contributed by atoms with Gasteiger partial charge in [0, 0.05) is 44.2 Å². The van der Waals surface area contributed by atoms with E-state index in [9.17, 15) is 4.79 Å². The highest BCUT2D eigenvalue weighted by Crippen LogP contribution is 2.33. The van der Waals surface area contributed by atoms with E-state index in [0.717, 1.165) is 39.0 Å². The number of ether oxygens (including phenoxy) is 1. The van der Waals surface area contributed by atoms with Gasteiger partial charge in [0.1, 0.15) is 6.10 Å². The Balaban J connectivity index is 1.24. The Morgan fingerprint density at radius 1 is 1.29 bits per heavy atom. The number of carbonyl (C=O) groups is 1. The molecule has 6 nitrogen and oxygen atoms in total. The van der Waals surface area contributed by atoms with Crippen molar-refractivity contribution in [2.45, 2.75) is 50.5 Å². The number of carbonyl (C=O) groups excluding carboxylic acids is 1. The van der Waals surface area contributed by atoms with Crippen LogP contribution in [0, 0.1) is 0 Å². The Hall–Kier alpha value is -1.37. The summed E-state index contributed by atoms with van der Waals surface area (Å²) in [5.74, 6) is 0.0619. The molecule has 4 rings (SSSR count). The average Bonchev–Trinajstić information content (AvgIpc) is 3.34. The van der Waals surface area contributed by atoms with Gasteiger partial charge in [0.05, 0.1) is 18.6 Å². The third-order valence-electron chi connectivity index (χ3n) is 5.58. The van der Waals surface area contributed by atoms with Crippen LogP contribution in [0.1, 0.15) is 31.2 Å². The molecule has 3 atom stereocenters. The van der Waals surface area contributed by atoms with Crippen LogP contribution in [0.15, 0.2) is 23.0 Å². The molecule has 0 saturated carbocycles. The Morgan fingerprint density at radius 3 is 2.96 bits per heavy atom. The van der Waals surface area contributed by atoms with Crippen molar-refractivity contribution in [3.8, 4) is 0 Å². The van der Waals surface area contributed by atoms with Gasteiger partial charge >= 0.3 is 0 Å². The summed E-state index contributed by atoms with van der Waals surface area (Å²) in [6.45, 7) is 5.94. The number of nitrogens with zero attached hydrogens (tertiary/aromatic N) is 2. The van der Waals surface area contributed by atoms with Crippen molar-refractivity contribution in [1.82, 2.24) is 15.1 Å². The fraction of sp³-hybridized carbons (Fsp3) is 0.722. The minimum absolute atomic E-state index is 0.0619. The van der Waals surface area contributed by atoms with Crippen molar-refractivity contribution in [1.29, 1.82) is 0 Å². The van der Waals surface area contributed by atoms with Crippen molar-refractivity contribution in [2.75, 3.05) is 32.7 Å². The van der Waals surface area contributed by atoms with Crippen LogP contribution < -0.4 is 5.32 Å². The van der Waals surface area contributed by atoms with Crippen LogP contribution in [0.3, 0.4) is 0 Å². The number of amides is 1. The van der Waals surface area contributed by atoms with Gasteiger partial charge in [-0.2, -0.15) is 0 Å². The van der Waals surface area contributed by atoms with Crippen molar-refractivity contribution < 1.29 is 13.9 Å². The van der Waals surface area contributed by atoms with Gasteiger partial charge in [0.25, 0.3) is 0 Å². The number of furan rings is 1. The Kier molecular flexibility index (Phi) is 4.87. The Bertz CT molecular complexity index is 542. The molecule has 1 aromatic rings. The standard InChI is InChI=1S/C18H27N3O3/c22-18(19-5-9-20-6-1-2-7-20)17-11-15-16(24-17)3-8-21(15)12-14-4-10-23-13-14/h4,10,13,15-17H,1-3,5-9,11-12H2,(H,19,22)/t15-,16-,17+/m0/s1. The Labute approximate surface area is 143 Å². The van der Waals surface area contributed by atoms with E-state index in [-0.39, 0.29) is 18.1 Å². The number of hydrogen-bond acceptors (Lipinski definition) is 5. The first kappa shape index (κ1) is 16.1. The average molecular weight is 333 g/mol. The van der Waals surface area contributed by atoms with E-state index in [4.69, 9.17) is 9.15 Å². The van der Waals surface area contributed by atoms with Gasteiger partial charge in [-0.25, -0.2) is 0 Å². The lowest BCUT2D eigenvalue weighted by Crippen LogP contribution is -2.40. The maximum absolute atomic E-state index is 12.4. The van der Waals surface area contributed by atoms with Crippen LogP contribution in [0.4, 0.5) is 0 Å². The van der Waals surface area contributed by atoms with Crippen molar-refractivity contribution >= 4 is 5.91 Å². The van der Waals surface area contributed by atoms with E-state index in [1.165, 1.54) is 31.5 Å². The molecule has 0 unspecified atom stereocenters. The first-order chi connectivity index (χ1) is 11.8. The lowest BCUT2D eigenvalue weighted by Gasteiger charge is -2.21. The molecule has 3 saturated heterocycles. The fourth-order valence-corrected chi connectivity index (χ4v) is 4.27. The molecule has 132 valence electrons. The summed E-state index contributed by atoms with van der Waals surface area (Å²) in [7, 11) is 0. The summed E-state index contributed by atoms with van der Waals surface area (Å²) in [6.07, 6.45) is 7.82. The topological polar surface area (TPSA) is 58.0 Å². The molecule has 24 heavy (non-hydrogen) atoms. The molecular weight excluding hydrogens is 306 g/mol. The molecule has 0 spiro atoms. The molecule has 0 aliphatic carbocycles. The lowest BCUT2D eigenvalue weighted by molar-refractivity contribution is -0.132. The number of nitrogens with one attached hydrogen (secondary N) is 1. The summed E-state index contributed by atoms with van der Waals surface area (Å²) >= 11 is 0. The van der Waals surface area contributed by atoms with Crippen molar-refractivity contribution in [3.63, 3.8) is 0 Å². The molecule has 6 heteroatoms. The maximum atomic E-state index is 12.4. The summed E-state index contributed by atoms with van der Waals surface area (Å²) < 4.78 is 11.2. The molecule has 1 amide bonds. The van der Waals surface area contributed by atoms with Crippen LogP contribution in [-0.4, -0.2) is 66.7 Å². The zero-order valence-electron chi connectivity index (χ0n) is 14.2. The monoisotopic (exact) mass is 333 g/mol. The predicted octanol–water partition coefficient (Wildman–Crippen LogP) is 1.22. The third kappa shape index (κ3) is 3.50. The molecule has 3 aliphatic heterocycles. The van der Waals surface area contributed by atoms with Crippen LogP contribution in [0.2, 0.25) is 0 Å². The highest BCUT2D eigenvalue weighted by atomic mass is 16.5. The molecule has 1 aromatic heterocycles. The second kappa shape index (κ2) is 7.25. The summed E-state index contributed by atoms with van der Waals surface area (Å²) in [5.41, 5.74) is 1.19. The largest absolute Gasteiger partial charge is 0.472 e. The number of likely N-dealkylation sites (tertiary alicyclic amines) is 2. The number of rotatable bonds is 6. The van der Waals surface area contributed by atoms with Gasteiger partial charge in [-0.05, 0) is 38.4 Å². The summed E-state index contributed by atoms with van der Waals surface area (Å²) in [6, 6.07) is 2.36. The zero-order chi connectivity index (χ0) is 16.4. The molecular formula is C18H27N3O3. The summed E-state index contributed by atoms with van der Waals surface area (Å²) in [4.78, 5) is 17.2. The third-order valence-corrected chi connectivity index (χ3v) is 5.58. The molecule has 3 fully saturated rings. The molecule has 0 radical (unpaired) electrons. The van der Waals surface area contributed by atoms with E-state index < -0.39 is 0 Å². The fourth-order valence-electron chi connectivity index (χ4n) is 4.27. The van der Waals surface area contributed by atoms with Gasteiger partial charge in [0.2, 0.25) is 5.91 Å². The quantitative estimate of drug-likeness (QED) is 0.848. The second-order valence-electron chi connectivity index (χ2n) is 7.20. The molecule has 0 aromatic carbocycles. The smallest absolute Gasteiger partial charge is 0.249 e. The number of fused-ring (bicyclic) bond motifs is 1. The minimum Gasteiger partial charge on any atom is -0.472 e. The van der Waals surface area contributed by atoms with Crippen LogP contribution in [-0.2, 0) is 16.1 Å². The van der Waals surface area contributed by atoms with Crippen molar-refractivity contribution in [2.24, 2.45) is 0 Å². The van der Waals surface area contributed by atoms with Gasteiger partial charge in [0.15, 0.2) is 0 Å². The molecule has 3 aliphatic rings.